The summed E-state index contributed by atoms with van der Waals surface area (Å²) in [5.74, 6) is -0.287. The fourth-order valence-electron chi connectivity index (χ4n) is 2.07. The van der Waals surface area contributed by atoms with E-state index in [1.807, 2.05) is 0 Å². The summed E-state index contributed by atoms with van der Waals surface area (Å²) in [4.78, 5) is 23.9. The van der Waals surface area contributed by atoms with Crippen LogP contribution in [0.3, 0.4) is 0 Å². The molecule has 2 aromatic carbocycles. The number of halogens is 2. The lowest BCUT2D eigenvalue weighted by molar-refractivity contribution is -0.118. The predicted octanol–water partition coefficient (Wildman–Crippen LogP) is 3.58. The maximum Gasteiger partial charge on any atom is 0.262 e. The second kappa shape index (κ2) is 5.87. The van der Waals surface area contributed by atoms with Gasteiger partial charge < -0.3 is 15.4 Å². The number of carbonyl (C=O) groups is 2. The highest BCUT2D eigenvalue weighted by atomic mass is 35.5. The van der Waals surface area contributed by atoms with Crippen LogP contribution in [0, 0.1) is 0 Å². The van der Waals surface area contributed by atoms with E-state index in [-0.39, 0.29) is 18.1 Å². The summed E-state index contributed by atoms with van der Waals surface area (Å²) >= 11 is 11.9. The zero-order chi connectivity index (χ0) is 15.7. The summed E-state index contributed by atoms with van der Waals surface area (Å²) in [6.45, 7) is -0.0712. The Bertz CT molecular complexity index is 777. The topological polar surface area (TPSA) is 67.4 Å². The van der Waals surface area contributed by atoms with E-state index in [1.54, 1.807) is 36.4 Å². The number of fused-ring (bicyclic) bond motifs is 1. The molecule has 22 heavy (non-hydrogen) atoms. The molecule has 0 aliphatic carbocycles. The normalized spacial score (nSPS) is 12.9. The maximum absolute atomic E-state index is 12.4. The highest BCUT2D eigenvalue weighted by Crippen LogP contribution is 2.32. The molecule has 1 aliphatic rings. The summed E-state index contributed by atoms with van der Waals surface area (Å²) in [5.41, 5.74) is 1.01. The predicted molar refractivity (Wildman–Crippen MR) is 85.0 cm³/mol. The SMILES string of the molecule is O=C1COc2cccc(C(=O)Nc3cc(Cl)ccc3Cl)c2N1. The molecule has 1 heterocycles. The Morgan fingerprint density at radius 1 is 1.23 bits per heavy atom. The zero-order valence-electron chi connectivity index (χ0n) is 11.2. The molecule has 0 atom stereocenters. The number of hydrogen-bond donors (Lipinski definition) is 2. The fourth-order valence-corrected chi connectivity index (χ4v) is 2.41. The van der Waals surface area contributed by atoms with Crippen LogP contribution in [0.15, 0.2) is 36.4 Å². The van der Waals surface area contributed by atoms with Gasteiger partial charge in [0.25, 0.3) is 11.8 Å². The number of anilines is 2. The summed E-state index contributed by atoms with van der Waals surface area (Å²) < 4.78 is 5.28. The molecule has 2 amide bonds. The van der Waals surface area contributed by atoms with E-state index in [0.29, 0.717) is 27.2 Å². The Morgan fingerprint density at radius 2 is 2.05 bits per heavy atom. The first-order valence-electron chi connectivity index (χ1n) is 6.36. The number of nitrogens with one attached hydrogen (secondary N) is 2. The standard InChI is InChI=1S/C15H10Cl2N2O3/c16-8-4-5-10(17)11(6-8)18-15(21)9-2-1-3-12-14(9)19-13(20)7-22-12/h1-6H,7H2,(H,18,21)(H,19,20). The first-order valence-corrected chi connectivity index (χ1v) is 7.12. The van der Waals surface area contributed by atoms with Crippen LogP contribution in [-0.2, 0) is 4.79 Å². The Labute approximate surface area is 136 Å². The highest BCUT2D eigenvalue weighted by molar-refractivity contribution is 6.36. The van der Waals surface area contributed by atoms with Crippen molar-refractivity contribution in [2.75, 3.05) is 17.2 Å². The van der Waals surface area contributed by atoms with Crippen LogP contribution in [0.5, 0.6) is 5.75 Å². The molecule has 2 aromatic rings. The van der Waals surface area contributed by atoms with Crippen molar-refractivity contribution < 1.29 is 14.3 Å². The van der Waals surface area contributed by atoms with Gasteiger partial charge in [-0.25, -0.2) is 0 Å². The molecule has 0 saturated carbocycles. The fraction of sp³-hybridized carbons (Fsp3) is 0.0667. The number of benzene rings is 2. The number of hydrogen-bond acceptors (Lipinski definition) is 3. The van der Waals surface area contributed by atoms with E-state index in [4.69, 9.17) is 27.9 Å². The first kappa shape index (κ1) is 14.7. The lowest BCUT2D eigenvalue weighted by Gasteiger charge is -2.20. The second-order valence-electron chi connectivity index (χ2n) is 4.59. The van der Waals surface area contributed by atoms with Crippen molar-refractivity contribution in [1.29, 1.82) is 0 Å². The van der Waals surface area contributed by atoms with Gasteiger partial charge >= 0.3 is 0 Å². The van der Waals surface area contributed by atoms with Crippen molar-refractivity contribution in [3.63, 3.8) is 0 Å². The third-order valence-corrected chi connectivity index (χ3v) is 3.64. The van der Waals surface area contributed by atoms with Gasteiger partial charge in [-0.2, -0.15) is 0 Å². The van der Waals surface area contributed by atoms with Gasteiger partial charge in [-0.05, 0) is 30.3 Å². The van der Waals surface area contributed by atoms with Gasteiger partial charge in [-0.3, -0.25) is 9.59 Å². The maximum atomic E-state index is 12.4. The van der Waals surface area contributed by atoms with Crippen molar-refractivity contribution in [3.05, 3.63) is 52.0 Å². The van der Waals surface area contributed by atoms with Crippen LogP contribution in [0.2, 0.25) is 10.0 Å². The molecular formula is C15H10Cl2N2O3. The second-order valence-corrected chi connectivity index (χ2v) is 5.44. The van der Waals surface area contributed by atoms with E-state index in [0.717, 1.165) is 0 Å². The van der Waals surface area contributed by atoms with Crippen molar-refractivity contribution in [1.82, 2.24) is 0 Å². The summed E-state index contributed by atoms with van der Waals surface area (Å²) in [7, 11) is 0. The average molecular weight is 337 g/mol. The van der Waals surface area contributed by atoms with Crippen LogP contribution in [0.4, 0.5) is 11.4 Å². The van der Waals surface area contributed by atoms with E-state index < -0.39 is 5.91 Å². The molecule has 7 heteroatoms. The molecule has 0 unspecified atom stereocenters. The largest absolute Gasteiger partial charge is 0.482 e. The molecule has 0 fully saturated rings. The number of para-hydroxylation sites is 1. The molecule has 112 valence electrons. The minimum absolute atomic E-state index is 0.0712. The Hall–Kier alpha value is -2.24. The van der Waals surface area contributed by atoms with Crippen LogP contribution < -0.4 is 15.4 Å². The molecule has 0 saturated heterocycles. The monoisotopic (exact) mass is 336 g/mol. The van der Waals surface area contributed by atoms with Crippen LogP contribution in [0.1, 0.15) is 10.4 Å². The minimum Gasteiger partial charge on any atom is -0.482 e. The Kier molecular flexibility index (Phi) is 3.92. The lowest BCUT2D eigenvalue weighted by atomic mass is 10.1. The minimum atomic E-state index is -0.424. The summed E-state index contributed by atoms with van der Waals surface area (Å²) in [5, 5.41) is 6.12. The highest BCUT2D eigenvalue weighted by Gasteiger charge is 2.22. The number of rotatable bonds is 2. The number of carbonyl (C=O) groups excluding carboxylic acids is 2. The van der Waals surface area contributed by atoms with Crippen molar-refractivity contribution >= 4 is 46.4 Å². The third-order valence-electron chi connectivity index (χ3n) is 3.07. The van der Waals surface area contributed by atoms with Gasteiger partial charge in [0.15, 0.2) is 6.61 Å². The van der Waals surface area contributed by atoms with E-state index >= 15 is 0 Å². The van der Waals surface area contributed by atoms with E-state index in [2.05, 4.69) is 10.6 Å². The van der Waals surface area contributed by atoms with Crippen LogP contribution in [0.25, 0.3) is 0 Å². The van der Waals surface area contributed by atoms with Gasteiger partial charge in [0.2, 0.25) is 0 Å². The smallest absolute Gasteiger partial charge is 0.262 e. The zero-order valence-corrected chi connectivity index (χ0v) is 12.7. The van der Waals surface area contributed by atoms with Crippen LogP contribution >= 0.6 is 23.2 Å². The molecule has 5 nitrogen and oxygen atoms in total. The van der Waals surface area contributed by atoms with Crippen molar-refractivity contribution in [2.45, 2.75) is 0 Å². The van der Waals surface area contributed by atoms with Crippen LogP contribution in [-0.4, -0.2) is 18.4 Å². The van der Waals surface area contributed by atoms with E-state index in [1.165, 1.54) is 0 Å². The molecule has 3 rings (SSSR count). The lowest BCUT2D eigenvalue weighted by Crippen LogP contribution is -2.27. The average Bonchev–Trinajstić information content (AvgIpc) is 2.50. The van der Waals surface area contributed by atoms with Gasteiger partial charge in [0.05, 0.1) is 22.0 Å². The number of amides is 2. The number of ether oxygens (including phenoxy) is 1. The summed E-state index contributed by atoms with van der Waals surface area (Å²) in [6.07, 6.45) is 0. The molecule has 0 bridgehead atoms. The molecule has 2 N–H and O–H groups in total. The molecular weight excluding hydrogens is 327 g/mol. The van der Waals surface area contributed by atoms with Gasteiger partial charge in [-0.15, -0.1) is 0 Å². The Morgan fingerprint density at radius 3 is 2.86 bits per heavy atom. The third kappa shape index (κ3) is 2.86. The van der Waals surface area contributed by atoms with Gasteiger partial charge in [0, 0.05) is 5.02 Å². The van der Waals surface area contributed by atoms with Gasteiger partial charge in [0.1, 0.15) is 5.75 Å². The molecule has 0 aromatic heterocycles. The van der Waals surface area contributed by atoms with Crippen molar-refractivity contribution in [3.8, 4) is 5.75 Å². The van der Waals surface area contributed by atoms with Crippen molar-refractivity contribution in [2.24, 2.45) is 0 Å². The Balaban J connectivity index is 1.93. The quantitative estimate of drug-likeness (QED) is 0.880. The van der Waals surface area contributed by atoms with E-state index in [9.17, 15) is 9.59 Å². The molecule has 0 spiro atoms. The molecule has 0 radical (unpaired) electrons. The molecule has 1 aliphatic heterocycles. The first-order chi connectivity index (χ1) is 10.5. The van der Waals surface area contributed by atoms with Gasteiger partial charge in [-0.1, -0.05) is 29.3 Å². The summed E-state index contributed by atoms with van der Waals surface area (Å²) in [6, 6.07) is 9.69.